The van der Waals surface area contributed by atoms with Gasteiger partial charge in [-0.1, -0.05) is 36.8 Å². The number of hydrogen-bond donors (Lipinski definition) is 0. The molecule has 1 aliphatic heterocycles. The van der Waals surface area contributed by atoms with Gasteiger partial charge in [0, 0.05) is 6.42 Å². The molecule has 0 fully saturated rings. The van der Waals surface area contributed by atoms with Crippen molar-refractivity contribution in [3.05, 3.63) is 84.1 Å². The number of para-hydroxylation sites is 2. The highest BCUT2D eigenvalue weighted by Crippen LogP contribution is 2.31. The van der Waals surface area contributed by atoms with Crippen molar-refractivity contribution in [3.63, 3.8) is 0 Å². The Hall–Kier alpha value is -3.38. The van der Waals surface area contributed by atoms with Gasteiger partial charge in [0.05, 0.1) is 11.1 Å². The summed E-state index contributed by atoms with van der Waals surface area (Å²) in [6.45, 7) is 0. The summed E-state index contributed by atoms with van der Waals surface area (Å²) in [6, 6.07) is 24.4. The highest BCUT2D eigenvalue weighted by atomic mass is 16.5. The lowest BCUT2D eigenvalue weighted by molar-refractivity contribution is -0.336. The van der Waals surface area contributed by atoms with Crippen molar-refractivity contribution in [1.82, 2.24) is 4.98 Å². The Kier molecular flexibility index (Phi) is 3.57. The van der Waals surface area contributed by atoms with Gasteiger partial charge in [0.15, 0.2) is 0 Å². The lowest BCUT2D eigenvalue weighted by Crippen LogP contribution is -2.11. The second kappa shape index (κ2) is 6.02. The number of rotatable bonds is 3. The van der Waals surface area contributed by atoms with Crippen LogP contribution in [-0.4, -0.2) is 15.3 Å². The quantitative estimate of drug-likeness (QED) is 0.536. The first-order valence-electron chi connectivity index (χ1n) is 7.75. The summed E-state index contributed by atoms with van der Waals surface area (Å²) in [7, 11) is 0. The number of pyridine rings is 1. The van der Waals surface area contributed by atoms with Crippen LogP contribution in [0.2, 0.25) is 0 Å². The van der Waals surface area contributed by atoms with Crippen molar-refractivity contribution in [3.8, 4) is 24.0 Å². The normalized spacial score (nSPS) is 12.6. The summed E-state index contributed by atoms with van der Waals surface area (Å²) >= 11 is 0. The van der Waals surface area contributed by atoms with Crippen molar-refractivity contribution in [2.45, 2.75) is 6.42 Å². The van der Waals surface area contributed by atoms with Crippen LogP contribution in [0.5, 0.6) is 11.5 Å². The molecule has 0 unspecified atom stereocenters. The summed E-state index contributed by atoms with van der Waals surface area (Å²) in [5.41, 5.74) is 3.12. The minimum Gasteiger partial charge on any atom is -0.457 e. The molecule has 3 nitrogen and oxygen atoms in total. The monoisotopic (exact) mass is 311 g/mol. The standard InChI is InChI=1S/C21H15N2O/c1-2-23-19(15-16-9-8-14-22-21(16)23)18-12-6-7-13-20(18)24-17-10-4-3-5-11-17/h1,3-14H,15H2/q+1. The van der Waals surface area contributed by atoms with Gasteiger partial charge in [0.25, 0.3) is 0 Å². The number of hydrogen-bond acceptors (Lipinski definition) is 2. The molecular weight excluding hydrogens is 296 g/mol. The summed E-state index contributed by atoms with van der Waals surface area (Å²) in [4.78, 5) is 4.42. The van der Waals surface area contributed by atoms with Gasteiger partial charge < -0.3 is 4.74 Å². The van der Waals surface area contributed by atoms with Gasteiger partial charge in [-0.25, -0.2) is 0 Å². The Morgan fingerprint density at radius 1 is 0.958 bits per heavy atom. The first kappa shape index (κ1) is 14.2. The average Bonchev–Trinajstić information content (AvgIpc) is 3.01. The first-order valence-corrected chi connectivity index (χ1v) is 7.75. The summed E-state index contributed by atoms with van der Waals surface area (Å²) in [5.74, 6) is 2.41. The molecule has 114 valence electrons. The van der Waals surface area contributed by atoms with Gasteiger partial charge in [0.1, 0.15) is 29.5 Å². The van der Waals surface area contributed by atoms with Crippen molar-refractivity contribution >= 4 is 11.5 Å². The van der Waals surface area contributed by atoms with Gasteiger partial charge in [-0.05, 0) is 41.4 Å². The van der Waals surface area contributed by atoms with Crippen molar-refractivity contribution in [2.75, 3.05) is 0 Å². The van der Waals surface area contributed by atoms with E-state index >= 15 is 0 Å². The average molecular weight is 311 g/mol. The molecule has 0 bridgehead atoms. The summed E-state index contributed by atoms with van der Waals surface area (Å²) in [6.07, 6.45) is 8.25. The lowest BCUT2D eigenvalue weighted by atomic mass is 10.0. The van der Waals surface area contributed by atoms with Gasteiger partial charge in [-0.3, -0.25) is 0 Å². The highest BCUT2D eigenvalue weighted by Gasteiger charge is 2.31. The van der Waals surface area contributed by atoms with Gasteiger partial charge in [-0.15, -0.1) is 4.58 Å². The zero-order chi connectivity index (χ0) is 16.4. The van der Waals surface area contributed by atoms with E-state index in [1.54, 1.807) is 6.20 Å². The molecule has 0 atom stereocenters. The molecule has 3 heteroatoms. The number of fused-ring (bicyclic) bond motifs is 1. The molecule has 0 saturated carbocycles. The van der Waals surface area contributed by atoms with Crippen LogP contribution >= 0.6 is 0 Å². The predicted molar refractivity (Wildman–Crippen MR) is 93.8 cm³/mol. The molecule has 24 heavy (non-hydrogen) atoms. The summed E-state index contributed by atoms with van der Waals surface area (Å²) < 4.78 is 7.89. The molecule has 1 aromatic heterocycles. The van der Waals surface area contributed by atoms with E-state index in [0.717, 1.165) is 40.6 Å². The molecule has 0 spiro atoms. The van der Waals surface area contributed by atoms with E-state index in [9.17, 15) is 0 Å². The van der Waals surface area contributed by atoms with E-state index < -0.39 is 0 Å². The molecule has 0 radical (unpaired) electrons. The Bertz CT molecular complexity index is 968. The topological polar surface area (TPSA) is 25.1 Å². The van der Waals surface area contributed by atoms with Crippen LogP contribution < -0.4 is 4.74 Å². The first-order chi connectivity index (χ1) is 11.9. The Morgan fingerprint density at radius 3 is 2.58 bits per heavy atom. The maximum atomic E-state index is 6.08. The van der Waals surface area contributed by atoms with Crippen LogP contribution in [0.4, 0.5) is 5.82 Å². The van der Waals surface area contributed by atoms with Crippen LogP contribution in [0.15, 0.2) is 72.9 Å². The molecule has 2 aromatic carbocycles. The third-order valence-electron chi connectivity index (χ3n) is 4.01. The van der Waals surface area contributed by atoms with Gasteiger partial charge in [0.2, 0.25) is 0 Å². The molecule has 0 N–H and O–H groups in total. The van der Waals surface area contributed by atoms with Crippen molar-refractivity contribution < 1.29 is 9.31 Å². The molecular formula is C21H15N2O+. The molecule has 1 aliphatic rings. The molecule has 0 amide bonds. The lowest BCUT2D eigenvalue weighted by Gasteiger charge is -2.10. The van der Waals surface area contributed by atoms with Crippen LogP contribution in [0.1, 0.15) is 11.1 Å². The maximum absolute atomic E-state index is 6.08. The van der Waals surface area contributed by atoms with Crippen LogP contribution in [0.25, 0.3) is 0 Å². The van der Waals surface area contributed by atoms with E-state index in [1.165, 1.54) is 0 Å². The zero-order valence-corrected chi connectivity index (χ0v) is 13.0. The number of nitrogens with zero attached hydrogens (tertiary/aromatic N) is 2. The van der Waals surface area contributed by atoms with E-state index in [1.807, 2.05) is 65.2 Å². The number of aromatic nitrogens is 1. The van der Waals surface area contributed by atoms with Gasteiger partial charge >= 0.3 is 5.82 Å². The van der Waals surface area contributed by atoms with E-state index in [2.05, 4.69) is 17.1 Å². The van der Waals surface area contributed by atoms with E-state index in [-0.39, 0.29) is 0 Å². The third-order valence-corrected chi connectivity index (χ3v) is 4.01. The fraction of sp³-hybridized carbons (Fsp3) is 0.0476. The largest absolute Gasteiger partial charge is 0.457 e. The second-order valence-electron chi connectivity index (χ2n) is 5.49. The zero-order valence-electron chi connectivity index (χ0n) is 13.0. The Balaban J connectivity index is 1.80. The number of terminal acetylenes is 1. The maximum Gasteiger partial charge on any atom is 0.340 e. The minimum absolute atomic E-state index is 0.739. The number of benzene rings is 2. The van der Waals surface area contributed by atoms with E-state index in [4.69, 9.17) is 11.2 Å². The van der Waals surface area contributed by atoms with Crippen LogP contribution in [-0.2, 0) is 6.42 Å². The molecule has 3 aromatic rings. The minimum atomic E-state index is 0.739. The van der Waals surface area contributed by atoms with Crippen LogP contribution in [0.3, 0.4) is 0 Å². The van der Waals surface area contributed by atoms with Crippen molar-refractivity contribution in [2.24, 2.45) is 0 Å². The fourth-order valence-electron chi connectivity index (χ4n) is 2.92. The fourth-order valence-corrected chi connectivity index (χ4v) is 2.92. The summed E-state index contributed by atoms with van der Waals surface area (Å²) in [5, 5.41) is 0. The van der Waals surface area contributed by atoms with Gasteiger partial charge in [-0.2, -0.15) is 0 Å². The third kappa shape index (κ3) is 2.45. The van der Waals surface area contributed by atoms with Crippen molar-refractivity contribution in [1.29, 1.82) is 0 Å². The molecule has 4 rings (SSSR count). The second-order valence-corrected chi connectivity index (χ2v) is 5.49. The molecule has 0 aliphatic carbocycles. The predicted octanol–water partition coefficient (Wildman–Crippen LogP) is 4.15. The highest BCUT2D eigenvalue weighted by molar-refractivity contribution is 6.03. The number of ether oxygens (including phenoxy) is 1. The molecule has 0 saturated heterocycles. The molecule has 2 heterocycles. The van der Waals surface area contributed by atoms with E-state index in [0.29, 0.717) is 0 Å². The van der Waals surface area contributed by atoms with Crippen LogP contribution in [0, 0.1) is 12.5 Å². The Morgan fingerprint density at radius 2 is 1.75 bits per heavy atom. The SMILES string of the molecule is C#C[N+]1=C(c2ccccc2Oc2ccccc2)Cc2cccnc21. The Labute approximate surface area is 140 Å². The smallest absolute Gasteiger partial charge is 0.340 e.